The fraction of sp³-hybridized carbons (Fsp3) is 0.412. The van der Waals surface area contributed by atoms with Crippen LogP contribution in [-0.4, -0.2) is 35.6 Å². The molecule has 0 radical (unpaired) electrons. The summed E-state index contributed by atoms with van der Waals surface area (Å²) in [5.41, 5.74) is 3.46. The quantitative estimate of drug-likeness (QED) is 0.623. The molecule has 4 rings (SSSR count). The molecule has 2 aliphatic rings. The van der Waals surface area contributed by atoms with E-state index >= 15 is 0 Å². The van der Waals surface area contributed by atoms with Crippen LogP contribution in [0.1, 0.15) is 22.5 Å². The highest BCUT2D eigenvalue weighted by Crippen LogP contribution is 2.43. The van der Waals surface area contributed by atoms with Gasteiger partial charge in [-0.25, -0.2) is 0 Å². The summed E-state index contributed by atoms with van der Waals surface area (Å²) >= 11 is 0. The minimum absolute atomic E-state index is 0.108. The number of hydrogen-bond donors (Lipinski definition) is 2. The van der Waals surface area contributed by atoms with E-state index in [0.717, 1.165) is 11.3 Å². The molecular formula is C17H18N4O5. The van der Waals surface area contributed by atoms with Crippen molar-refractivity contribution in [2.45, 2.75) is 32.3 Å². The zero-order chi connectivity index (χ0) is 18.3. The Kier molecular flexibility index (Phi) is 4.08. The van der Waals surface area contributed by atoms with Crippen LogP contribution in [0.25, 0.3) is 0 Å². The van der Waals surface area contributed by atoms with Gasteiger partial charge in [0.15, 0.2) is 0 Å². The van der Waals surface area contributed by atoms with Gasteiger partial charge in [-0.15, -0.1) is 0 Å². The molecule has 0 fully saturated rings. The number of aromatic nitrogens is 1. The minimum Gasteiger partial charge on any atom is -0.384 e. The maximum absolute atomic E-state index is 11.6. The van der Waals surface area contributed by atoms with E-state index in [1.807, 2.05) is 0 Å². The van der Waals surface area contributed by atoms with Gasteiger partial charge in [-0.05, 0) is 12.5 Å². The second-order valence-electron chi connectivity index (χ2n) is 6.42. The van der Waals surface area contributed by atoms with E-state index in [9.17, 15) is 14.9 Å². The zero-order valence-corrected chi connectivity index (χ0v) is 14.2. The SMILES string of the molecule is Cc1o[nH]c(=O)c1CCOC1Cc2c([N+](=O)[O-])cc3c(c2C1)N=CCN3. The lowest BCUT2D eigenvalue weighted by molar-refractivity contribution is -0.385. The number of nitrogens with zero attached hydrogens (tertiary/aromatic N) is 2. The smallest absolute Gasteiger partial charge is 0.283 e. The van der Waals surface area contributed by atoms with Crippen molar-refractivity contribution in [1.29, 1.82) is 0 Å². The molecule has 2 N–H and O–H groups in total. The topological polar surface area (TPSA) is 123 Å². The number of nitro benzene ring substituents is 1. The van der Waals surface area contributed by atoms with Gasteiger partial charge in [0.25, 0.3) is 11.2 Å². The number of hydrogen-bond acceptors (Lipinski definition) is 7. The highest BCUT2D eigenvalue weighted by atomic mass is 16.6. The van der Waals surface area contributed by atoms with Gasteiger partial charge in [0.2, 0.25) is 0 Å². The van der Waals surface area contributed by atoms with Crippen molar-refractivity contribution < 1.29 is 14.2 Å². The molecule has 0 saturated heterocycles. The molecule has 1 atom stereocenters. The van der Waals surface area contributed by atoms with Crippen LogP contribution in [0.15, 0.2) is 20.4 Å². The van der Waals surface area contributed by atoms with E-state index in [0.29, 0.717) is 55.0 Å². The number of anilines is 1. The van der Waals surface area contributed by atoms with Crippen LogP contribution in [0.2, 0.25) is 0 Å². The Morgan fingerprint density at radius 2 is 2.23 bits per heavy atom. The van der Waals surface area contributed by atoms with Gasteiger partial charge in [-0.1, -0.05) is 0 Å². The van der Waals surface area contributed by atoms with Crippen LogP contribution in [0.5, 0.6) is 0 Å². The van der Waals surface area contributed by atoms with Gasteiger partial charge in [0.1, 0.15) is 5.76 Å². The molecule has 2 heterocycles. The summed E-state index contributed by atoms with van der Waals surface area (Å²) in [6.45, 7) is 2.63. The van der Waals surface area contributed by atoms with Crippen molar-refractivity contribution >= 4 is 23.3 Å². The summed E-state index contributed by atoms with van der Waals surface area (Å²) < 4.78 is 10.9. The van der Waals surface area contributed by atoms with E-state index in [1.165, 1.54) is 0 Å². The van der Waals surface area contributed by atoms with Crippen molar-refractivity contribution in [3.63, 3.8) is 0 Å². The fourth-order valence-electron chi connectivity index (χ4n) is 3.61. The van der Waals surface area contributed by atoms with E-state index in [4.69, 9.17) is 9.26 Å². The van der Waals surface area contributed by atoms with Gasteiger partial charge in [0.05, 0.1) is 41.1 Å². The summed E-state index contributed by atoms with van der Waals surface area (Å²) in [6, 6.07) is 1.56. The first-order valence-electron chi connectivity index (χ1n) is 8.42. The number of aliphatic imine (C=N–C) groups is 1. The fourth-order valence-corrected chi connectivity index (χ4v) is 3.61. The number of nitrogens with one attached hydrogen (secondary N) is 2. The Balaban J connectivity index is 1.52. The number of nitro groups is 1. The summed E-state index contributed by atoms with van der Waals surface area (Å²) in [6.07, 6.45) is 3.06. The average Bonchev–Trinajstić information content (AvgIpc) is 3.19. The number of H-pyrrole nitrogens is 1. The lowest BCUT2D eigenvalue weighted by Crippen LogP contribution is -2.17. The number of ether oxygens (including phenoxy) is 1. The van der Waals surface area contributed by atoms with Gasteiger partial charge >= 0.3 is 0 Å². The Morgan fingerprint density at radius 1 is 1.42 bits per heavy atom. The lowest BCUT2D eigenvalue weighted by atomic mass is 10.0. The zero-order valence-electron chi connectivity index (χ0n) is 14.2. The van der Waals surface area contributed by atoms with Crippen LogP contribution < -0.4 is 10.9 Å². The standard InChI is InChI=1S/C17H18N4O5/c1-9-11(17(22)20-26-9)2-5-25-10-6-12-13(7-10)16-14(18-3-4-19-16)8-15(12)21(23)24/h4,8,10,18H,2-3,5-7H2,1H3,(H,20,22). The number of aryl methyl sites for hydroxylation is 1. The van der Waals surface area contributed by atoms with Crippen LogP contribution >= 0.6 is 0 Å². The first-order valence-corrected chi connectivity index (χ1v) is 8.42. The number of fused-ring (bicyclic) bond motifs is 3. The van der Waals surface area contributed by atoms with E-state index in [1.54, 1.807) is 19.2 Å². The van der Waals surface area contributed by atoms with E-state index in [-0.39, 0.29) is 22.3 Å². The molecule has 1 unspecified atom stereocenters. The molecule has 0 bridgehead atoms. The number of aromatic amines is 1. The van der Waals surface area contributed by atoms with Gasteiger partial charge in [-0.2, -0.15) is 5.16 Å². The third kappa shape index (κ3) is 2.80. The van der Waals surface area contributed by atoms with Gasteiger partial charge in [0, 0.05) is 37.1 Å². The summed E-state index contributed by atoms with van der Waals surface area (Å²) in [5, 5.41) is 16.9. The highest BCUT2D eigenvalue weighted by molar-refractivity contribution is 5.85. The van der Waals surface area contributed by atoms with Gasteiger partial charge < -0.3 is 14.6 Å². The second-order valence-corrected chi connectivity index (χ2v) is 6.42. The van der Waals surface area contributed by atoms with Crippen molar-refractivity contribution in [1.82, 2.24) is 5.16 Å². The average molecular weight is 358 g/mol. The molecule has 1 aromatic heterocycles. The van der Waals surface area contributed by atoms with Crippen molar-refractivity contribution in [2.75, 3.05) is 18.5 Å². The third-order valence-corrected chi connectivity index (χ3v) is 4.86. The third-order valence-electron chi connectivity index (χ3n) is 4.86. The summed E-state index contributed by atoms with van der Waals surface area (Å²) in [5.74, 6) is 0.554. The molecule has 1 aromatic carbocycles. The first kappa shape index (κ1) is 16.5. The molecule has 0 saturated carbocycles. The van der Waals surface area contributed by atoms with Gasteiger partial charge in [-0.3, -0.25) is 19.9 Å². The Bertz CT molecular complexity index is 959. The van der Waals surface area contributed by atoms with Crippen molar-refractivity contribution in [3.05, 3.63) is 49.0 Å². The summed E-state index contributed by atoms with van der Waals surface area (Å²) in [4.78, 5) is 27.1. The molecule has 26 heavy (non-hydrogen) atoms. The molecule has 136 valence electrons. The normalized spacial score (nSPS) is 17.7. The van der Waals surface area contributed by atoms with E-state index < -0.39 is 0 Å². The largest absolute Gasteiger partial charge is 0.384 e. The predicted octanol–water partition coefficient (Wildman–Crippen LogP) is 2.04. The van der Waals surface area contributed by atoms with Crippen LogP contribution in [0.3, 0.4) is 0 Å². The van der Waals surface area contributed by atoms with Crippen LogP contribution in [-0.2, 0) is 24.0 Å². The number of rotatable bonds is 5. The maximum Gasteiger partial charge on any atom is 0.283 e. The van der Waals surface area contributed by atoms with E-state index in [2.05, 4.69) is 15.5 Å². The Hall–Kier alpha value is -2.94. The Labute approximate surface area is 148 Å². The minimum atomic E-state index is -0.351. The molecular weight excluding hydrogens is 340 g/mol. The highest BCUT2D eigenvalue weighted by Gasteiger charge is 2.33. The molecule has 1 aliphatic carbocycles. The van der Waals surface area contributed by atoms with Crippen molar-refractivity contribution in [2.24, 2.45) is 4.99 Å². The monoisotopic (exact) mass is 358 g/mol. The number of benzene rings is 1. The molecule has 2 aromatic rings. The molecule has 0 spiro atoms. The summed E-state index contributed by atoms with van der Waals surface area (Å²) in [7, 11) is 0. The molecule has 1 aliphatic heterocycles. The predicted molar refractivity (Wildman–Crippen MR) is 94.7 cm³/mol. The molecule has 9 nitrogen and oxygen atoms in total. The molecule has 9 heteroatoms. The van der Waals surface area contributed by atoms with Crippen LogP contribution in [0, 0.1) is 17.0 Å². The second kappa shape index (κ2) is 6.41. The van der Waals surface area contributed by atoms with Crippen LogP contribution in [0.4, 0.5) is 17.1 Å². The molecule has 0 amide bonds. The maximum atomic E-state index is 11.6. The lowest BCUT2D eigenvalue weighted by Gasteiger charge is -2.15. The first-order chi connectivity index (χ1) is 12.5. The van der Waals surface area contributed by atoms with Crippen molar-refractivity contribution in [3.8, 4) is 0 Å². The Morgan fingerprint density at radius 3 is 2.96 bits per heavy atom.